The molecule has 0 saturated carbocycles. The third-order valence-electron chi connectivity index (χ3n) is 10.2. The Kier molecular flexibility index (Phi) is 14.3. The molecule has 2 heterocycles. The molecule has 0 unspecified atom stereocenters. The Morgan fingerprint density at radius 2 is 0.667 bits per heavy atom. The first-order valence-electron chi connectivity index (χ1n) is 19.2. The normalized spacial score (nSPS) is 11.3. The van der Waals surface area contributed by atoms with Gasteiger partial charge in [0.25, 0.3) is 0 Å². The van der Waals surface area contributed by atoms with Gasteiger partial charge in [-0.1, -0.05) is 97.1 Å². The number of rotatable bonds is 10. The van der Waals surface area contributed by atoms with E-state index >= 15 is 0 Å². The van der Waals surface area contributed by atoms with Crippen LogP contribution in [0.2, 0.25) is 0 Å². The third kappa shape index (κ3) is 9.99. The predicted octanol–water partition coefficient (Wildman–Crippen LogP) is 11.3. The summed E-state index contributed by atoms with van der Waals surface area (Å²) in [6.45, 7) is 9.56. The van der Waals surface area contributed by atoms with Crippen LogP contribution in [0.5, 0.6) is 0 Å². The minimum absolute atomic E-state index is 0. The molecule has 0 bridgehead atoms. The fraction of sp³-hybridized carbons (Fsp3) is 0.115. The van der Waals surface area contributed by atoms with Crippen LogP contribution in [0.3, 0.4) is 0 Å². The molecule has 2 nitrogen and oxygen atoms in total. The molecule has 8 rings (SSSR count). The van der Waals surface area contributed by atoms with Crippen molar-refractivity contribution in [3.05, 3.63) is 230 Å². The molecular weight excluding hydrogens is 907 g/mol. The third-order valence-corrected chi connectivity index (χ3v) is 16.9. The number of hydrogen-bond acceptors (Lipinski definition) is 2. The van der Waals surface area contributed by atoms with Crippen LogP contribution in [0.4, 0.5) is 0 Å². The van der Waals surface area contributed by atoms with E-state index in [1.165, 1.54) is 32.6 Å². The molecule has 0 N–H and O–H groups in total. The first-order valence-corrected chi connectivity index (χ1v) is 22.2. The summed E-state index contributed by atoms with van der Waals surface area (Å²) in [7, 11) is -2.33. The second kappa shape index (κ2) is 19.5. The number of benzene rings is 6. The van der Waals surface area contributed by atoms with E-state index < -0.39 is 15.8 Å². The van der Waals surface area contributed by atoms with E-state index in [1.807, 2.05) is 66.7 Å². The van der Waals surface area contributed by atoms with Crippen LogP contribution in [0.1, 0.15) is 39.1 Å². The van der Waals surface area contributed by atoms with E-state index in [9.17, 15) is 0 Å². The van der Waals surface area contributed by atoms with Gasteiger partial charge in [0.1, 0.15) is 10.3 Å². The van der Waals surface area contributed by atoms with Gasteiger partial charge >= 0.3 is 0 Å². The molecule has 8 aromatic rings. The van der Waals surface area contributed by atoms with Crippen molar-refractivity contribution >= 4 is 37.1 Å². The summed E-state index contributed by atoms with van der Waals surface area (Å²) >= 11 is 0. The van der Waals surface area contributed by atoms with Crippen LogP contribution in [-0.2, 0) is 30.4 Å². The largest absolute Gasteiger partial charge is 0.345 e. The predicted molar refractivity (Wildman–Crippen MR) is 244 cm³/mol. The van der Waals surface area contributed by atoms with Crippen LogP contribution in [0.25, 0.3) is 22.5 Å². The Balaban J connectivity index is 0.000000241. The van der Waals surface area contributed by atoms with Crippen molar-refractivity contribution in [3.63, 3.8) is 0 Å². The number of nitrogens with zero attached hydrogens (tertiary/aromatic N) is 2. The van der Waals surface area contributed by atoms with E-state index in [2.05, 4.69) is 184 Å². The zero-order chi connectivity index (χ0) is 38.8. The van der Waals surface area contributed by atoms with Crippen molar-refractivity contribution < 1.29 is 20.1 Å². The first-order chi connectivity index (χ1) is 27.3. The maximum absolute atomic E-state index is 5.51. The first kappa shape index (κ1) is 41.8. The molecule has 2 aromatic heterocycles. The van der Waals surface area contributed by atoms with Crippen molar-refractivity contribution in [2.24, 2.45) is 0 Å². The molecule has 57 heavy (non-hydrogen) atoms. The monoisotopic (exact) mass is 955 g/mol. The molecule has 0 saturated heterocycles. The maximum Gasteiger partial charge on any atom is 0.123 e. The van der Waals surface area contributed by atoms with E-state index in [4.69, 9.17) is 4.98 Å². The SMILES string of the molecule is CC(C)(c1cccc(C(C)(C)[PH+](c2ccccc2)c2ccccc2)n1)[PH+](c1ccccc1)c1ccccc1.[Ir].[c-]1ccccc1-c1cccc(-c2[c-]cccc2)n1. The number of pyridine rings is 2. The molecule has 0 spiro atoms. The molecule has 0 aliphatic rings. The van der Waals surface area contributed by atoms with Gasteiger partial charge in [0.05, 0.1) is 48.4 Å². The minimum atomic E-state index is -1.17. The Morgan fingerprint density at radius 1 is 0.351 bits per heavy atom. The Morgan fingerprint density at radius 3 is 0.982 bits per heavy atom. The quantitative estimate of drug-likeness (QED) is 0.101. The molecular formula is C52H48IrN2P2. The van der Waals surface area contributed by atoms with E-state index in [0.29, 0.717) is 0 Å². The van der Waals surface area contributed by atoms with Crippen molar-refractivity contribution in [3.8, 4) is 22.5 Å². The molecule has 0 atom stereocenters. The second-order valence-corrected chi connectivity index (χ2v) is 21.1. The van der Waals surface area contributed by atoms with Gasteiger partial charge in [0.15, 0.2) is 0 Å². The molecule has 0 amide bonds. The van der Waals surface area contributed by atoms with Crippen molar-refractivity contribution in [2.45, 2.75) is 38.0 Å². The van der Waals surface area contributed by atoms with Gasteiger partial charge < -0.3 is 4.98 Å². The van der Waals surface area contributed by atoms with Crippen LogP contribution in [-0.4, -0.2) is 9.97 Å². The standard InChI is InChI=1S/C35H35NP2.C17H11N.Ir/c1-34(2,37(28-18-9-5-10-19-28)29-20-11-6-12-21-29)32-26-17-27-33(36-32)35(3,4)38(30-22-13-7-14-23-30)31-24-15-8-16-25-31;1-3-8-14(9-4-1)16-12-7-13-17(18-16)15-10-5-2-6-11-15;/h5-27H,1-4H3;1-8,10,12-13H;/q;-2;/p+2. The summed E-state index contributed by atoms with van der Waals surface area (Å²) in [5.41, 5.74) is 6.24. The zero-order valence-corrected chi connectivity index (χ0v) is 37.3. The van der Waals surface area contributed by atoms with E-state index in [-0.39, 0.29) is 30.4 Å². The van der Waals surface area contributed by atoms with Gasteiger partial charge in [-0.05, 0) is 99.7 Å². The number of aromatic nitrogens is 2. The summed E-state index contributed by atoms with van der Waals surface area (Å²) in [5, 5.41) is 5.42. The van der Waals surface area contributed by atoms with Gasteiger partial charge in [0, 0.05) is 20.1 Å². The summed E-state index contributed by atoms with van der Waals surface area (Å²) in [4.78, 5) is 10.2. The smallest absolute Gasteiger partial charge is 0.123 e. The summed E-state index contributed by atoms with van der Waals surface area (Å²) < 4.78 is 0. The molecule has 5 heteroatoms. The second-order valence-electron chi connectivity index (χ2n) is 14.8. The molecule has 6 aromatic carbocycles. The average molecular weight is 955 g/mol. The van der Waals surface area contributed by atoms with Crippen LogP contribution < -0.4 is 21.2 Å². The Labute approximate surface area is 355 Å². The molecule has 0 aliphatic heterocycles. The van der Waals surface area contributed by atoms with Gasteiger partial charge in [-0.15, -0.1) is 71.8 Å². The van der Waals surface area contributed by atoms with Gasteiger partial charge in [-0.25, -0.2) is 4.98 Å². The molecule has 285 valence electrons. The van der Waals surface area contributed by atoms with Crippen molar-refractivity contribution in [2.75, 3.05) is 0 Å². The summed E-state index contributed by atoms with van der Waals surface area (Å²) in [6, 6.07) is 79.0. The van der Waals surface area contributed by atoms with Gasteiger partial charge in [-0.3, -0.25) is 0 Å². The molecule has 1 radical (unpaired) electrons. The van der Waals surface area contributed by atoms with Crippen molar-refractivity contribution in [1.29, 1.82) is 0 Å². The molecule has 0 fully saturated rings. The summed E-state index contributed by atoms with van der Waals surface area (Å²) in [5.74, 6) is 0. The number of hydrogen-bond donors (Lipinski definition) is 0. The van der Waals surface area contributed by atoms with E-state index in [1.54, 1.807) is 0 Å². The Bertz CT molecular complexity index is 2170. The average Bonchev–Trinajstić information content (AvgIpc) is 3.26. The van der Waals surface area contributed by atoms with Gasteiger partial charge in [0.2, 0.25) is 0 Å². The van der Waals surface area contributed by atoms with Crippen LogP contribution in [0.15, 0.2) is 206 Å². The van der Waals surface area contributed by atoms with E-state index in [0.717, 1.165) is 22.5 Å². The van der Waals surface area contributed by atoms with Crippen molar-refractivity contribution in [1.82, 2.24) is 9.97 Å². The Hall–Kier alpha value is -4.87. The van der Waals surface area contributed by atoms with Crippen LogP contribution >= 0.6 is 15.8 Å². The minimum Gasteiger partial charge on any atom is -0.345 e. The maximum atomic E-state index is 5.51. The van der Waals surface area contributed by atoms with Gasteiger partial charge in [-0.2, -0.15) is 0 Å². The fourth-order valence-electron chi connectivity index (χ4n) is 7.42. The summed E-state index contributed by atoms with van der Waals surface area (Å²) in [6.07, 6.45) is 0. The zero-order valence-electron chi connectivity index (χ0n) is 32.9. The molecule has 0 aliphatic carbocycles. The topological polar surface area (TPSA) is 25.8 Å². The van der Waals surface area contributed by atoms with Crippen LogP contribution in [0, 0.1) is 12.1 Å². The fourth-order valence-corrected chi connectivity index (χ4v) is 13.9.